The first kappa shape index (κ1) is 83.5. The highest BCUT2D eigenvalue weighted by molar-refractivity contribution is 5.98. The highest BCUT2D eigenvalue weighted by Gasteiger charge is 2.44. The van der Waals surface area contributed by atoms with Crippen molar-refractivity contribution in [1.29, 1.82) is 0 Å². The van der Waals surface area contributed by atoms with Crippen LogP contribution >= 0.6 is 0 Å². The molecule has 3 heterocycles. The van der Waals surface area contributed by atoms with Crippen molar-refractivity contribution < 1.29 is 99.5 Å². The van der Waals surface area contributed by atoms with Crippen LogP contribution in [0.3, 0.4) is 0 Å². The Balaban J connectivity index is 0. The number of aliphatic hydroxyl groups is 1. The normalized spacial score (nSPS) is 16.7. The van der Waals surface area contributed by atoms with E-state index in [0.29, 0.717) is 69.2 Å². The Hall–Kier alpha value is -9.58. The van der Waals surface area contributed by atoms with E-state index in [9.17, 15) is 53.4 Å². The third-order valence-corrected chi connectivity index (χ3v) is 13.4. The van der Waals surface area contributed by atoms with Crippen LogP contribution in [0.2, 0.25) is 0 Å². The van der Waals surface area contributed by atoms with E-state index in [1.165, 1.54) is 14.7 Å². The number of benzene rings is 2. The first-order valence-electron chi connectivity index (χ1n) is 28.3. The van der Waals surface area contributed by atoms with Gasteiger partial charge in [-0.1, -0.05) is 60.7 Å². The lowest BCUT2D eigenvalue weighted by molar-refractivity contribution is -0.147. The molecule has 8 atom stereocenters. The number of amides is 8. The lowest BCUT2D eigenvalue weighted by Gasteiger charge is -2.32. The minimum atomic E-state index is -1.59. The summed E-state index contributed by atoms with van der Waals surface area (Å²) >= 11 is 0. The fraction of sp³-hybridized carbons (Fsp3) is 0.536. The molecule has 0 unspecified atom stereocenters. The van der Waals surface area contributed by atoms with Gasteiger partial charge in [0.2, 0.25) is 47.3 Å². The average Bonchev–Trinajstić information content (AvgIpc) is 1.74. The van der Waals surface area contributed by atoms with Gasteiger partial charge >= 0.3 is 5.97 Å². The largest absolute Gasteiger partial charge is 0.481 e. The standard InChI is InChI=1S/C50H73N15O11.3C2H4O2.3H2O/c51-32(16-7-21-56-49(52)53)45(72)65-25-11-20-39(65)47(74)64-24-9-18-37(64)43(70)58-28-40(67)59-34(26-30-12-3-1-4-13-30)41(68)62-36(29-66)46(73)63-23-10-19-38(63)44(71)61-35(27-31-14-5-2-6-15-31)42(69)60-33(48(75)76)17-8-22-57-50(54)55;3*1-2(3)4;;;/h1-6,12-15,32-39,66H,7-11,16-29,51H2,(H,58,70)(H,59,67)(H,60,69)(H,61,71)(H,62,68)(H,75,76)(H4,52,53,56)(H4,54,55,57);3*1H3,(H,3,4);3*1H2/t32-,33-,34-,35-,36-,37-,38-,39-;;;;;;/m0....../s1. The molecular formula is C56H91N15O20. The fourth-order valence-corrected chi connectivity index (χ4v) is 9.55. The van der Waals surface area contributed by atoms with Crippen LogP contribution in [0, 0.1) is 0 Å². The number of carboxylic acids is 4. The van der Waals surface area contributed by atoms with Crippen LogP contribution in [-0.4, -0.2) is 234 Å². The molecule has 0 aromatic heterocycles. The second kappa shape index (κ2) is 44.0. The van der Waals surface area contributed by atoms with Crippen LogP contribution in [-0.2, 0) is 70.4 Å². The molecule has 5 rings (SSSR count). The quantitative estimate of drug-likeness (QED) is 0.0225. The molecular weight excluding hydrogens is 1200 g/mol. The van der Waals surface area contributed by atoms with Gasteiger partial charge in [-0.15, -0.1) is 0 Å². The van der Waals surface area contributed by atoms with Crippen LogP contribution in [0.5, 0.6) is 0 Å². The van der Waals surface area contributed by atoms with Gasteiger partial charge in [-0.2, -0.15) is 0 Å². The molecule has 35 nitrogen and oxygen atoms in total. The van der Waals surface area contributed by atoms with E-state index in [0.717, 1.165) is 20.8 Å². The van der Waals surface area contributed by atoms with Gasteiger partial charge in [0.05, 0.1) is 19.2 Å². The Labute approximate surface area is 524 Å². The molecule has 510 valence electrons. The Morgan fingerprint density at radius 3 is 1.36 bits per heavy atom. The van der Waals surface area contributed by atoms with Crippen LogP contribution in [0.15, 0.2) is 70.6 Å². The van der Waals surface area contributed by atoms with E-state index in [-0.39, 0.29) is 86.0 Å². The highest BCUT2D eigenvalue weighted by Crippen LogP contribution is 2.26. The molecule has 35 heteroatoms. The van der Waals surface area contributed by atoms with Crippen molar-refractivity contribution in [3.8, 4) is 0 Å². The Morgan fingerprint density at radius 1 is 0.527 bits per heavy atom. The predicted molar refractivity (Wildman–Crippen MR) is 329 cm³/mol. The molecule has 26 N–H and O–H groups in total. The molecule has 91 heavy (non-hydrogen) atoms. The molecule has 0 bridgehead atoms. The van der Waals surface area contributed by atoms with Crippen molar-refractivity contribution in [3.63, 3.8) is 0 Å². The van der Waals surface area contributed by atoms with Crippen LogP contribution in [0.4, 0.5) is 0 Å². The molecule has 0 spiro atoms. The summed E-state index contributed by atoms with van der Waals surface area (Å²) in [6.45, 7) is 2.81. The first-order chi connectivity index (χ1) is 41.6. The smallest absolute Gasteiger partial charge is 0.326 e. The number of nitrogens with zero attached hydrogens (tertiary/aromatic N) is 5. The third-order valence-electron chi connectivity index (χ3n) is 13.4. The maximum Gasteiger partial charge on any atom is 0.326 e. The molecule has 3 aliphatic rings. The van der Waals surface area contributed by atoms with Crippen LogP contribution < -0.4 is 55.3 Å². The molecule has 0 saturated carbocycles. The number of likely N-dealkylation sites (tertiary alicyclic amines) is 3. The van der Waals surface area contributed by atoms with E-state index >= 15 is 0 Å². The SMILES string of the molecule is CC(=O)O.CC(=O)O.CC(=O)O.NC(N)=NCCC[C@H](NC(=O)[C@H](Cc1ccccc1)NC(=O)[C@@H]1CCCN1C(=O)[C@H](CO)NC(=O)[C@H](Cc1ccccc1)NC(=O)CNC(=O)[C@@H]1CCCN1C(=O)[C@@H]1CCCN1C(=O)[C@@H](N)CCCN=C(N)N)C(=O)O.O.O.O. The zero-order valence-electron chi connectivity index (χ0n) is 51.1. The van der Waals surface area contributed by atoms with E-state index in [1.807, 2.05) is 0 Å². The maximum atomic E-state index is 14.1. The van der Waals surface area contributed by atoms with Crippen molar-refractivity contribution >= 4 is 83.1 Å². The van der Waals surface area contributed by atoms with Crippen molar-refractivity contribution in [2.45, 2.75) is 146 Å². The number of carboxylic acid groups (broad SMARTS) is 4. The Kier molecular flexibility index (Phi) is 40.3. The van der Waals surface area contributed by atoms with Gasteiger partial charge in [0.15, 0.2) is 11.9 Å². The van der Waals surface area contributed by atoms with Gasteiger partial charge in [-0.25, -0.2) is 4.79 Å². The number of hydrogen-bond acceptors (Lipinski definition) is 16. The minimum Gasteiger partial charge on any atom is -0.481 e. The summed E-state index contributed by atoms with van der Waals surface area (Å²) in [7, 11) is 0. The minimum absolute atomic E-state index is 0. The fourth-order valence-electron chi connectivity index (χ4n) is 9.55. The number of guanidine groups is 2. The zero-order valence-corrected chi connectivity index (χ0v) is 51.1. The number of nitrogens with one attached hydrogen (secondary N) is 5. The lowest BCUT2D eigenvalue weighted by atomic mass is 10.0. The molecule has 8 amide bonds. The van der Waals surface area contributed by atoms with Crippen molar-refractivity contribution in [1.82, 2.24) is 41.3 Å². The van der Waals surface area contributed by atoms with E-state index < -0.39 is 127 Å². The Bertz CT molecular complexity index is 2700. The zero-order chi connectivity index (χ0) is 66.0. The average molecular weight is 1290 g/mol. The van der Waals surface area contributed by atoms with Gasteiger partial charge in [-0.3, -0.25) is 62.7 Å². The molecule has 2 aromatic rings. The number of rotatable bonds is 27. The topological polar surface area (TPSA) is 625 Å². The predicted octanol–water partition coefficient (Wildman–Crippen LogP) is -6.19. The van der Waals surface area contributed by atoms with Gasteiger partial charge in [0.1, 0.15) is 42.3 Å². The first-order valence-corrected chi connectivity index (χ1v) is 28.3. The van der Waals surface area contributed by atoms with E-state index in [4.69, 9.17) is 58.4 Å². The van der Waals surface area contributed by atoms with Gasteiger partial charge < -0.3 is 112 Å². The number of carbonyl (C=O) groups excluding carboxylic acids is 8. The molecule has 3 fully saturated rings. The van der Waals surface area contributed by atoms with E-state index in [1.54, 1.807) is 60.7 Å². The Morgan fingerprint density at radius 2 is 0.923 bits per heavy atom. The number of aliphatic imine (C=N–C) groups is 2. The number of carbonyl (C=O) groups is 12. The molecule has 2 aromatic carbocycles. The van der Waals surface area contributed by atoms with Gasteiger partial charge in [0.25, 0.3) is 17.9 Å². The summed E-state index contributed by atoms with van der Waals surface area (Å²) in [5.41, 5.74) is 29.0. The summed E-state index contributed by atoms with van der Waals surface area (Å²) in [6.07, 6.45) is 3.13. The lowest BCUT2D eigenvalue weighted by Crippen LogP contribution is -2.60. The van der Waals surface area contributed by atoms with Crippen LogP contribution in [0.25, 0.3) is 0 Å². The second-order valence-corrected chi connectivity index (χ2v) is 20.6. The summed E-state index contributed by atoms with van der Waals surface area (Å²) in [4.78, 5) is 161. The highest BCUT2D eigenvalue weighted by atomic mass is 16.4. The maximum absolute atomic E-state index is 14.1. The molecule has 3 saturated heterocycles. The van der Waals surface area contributed by atoms with Crippen molar-refractivity contribution in [2.75, 3.05) is 45.9 Å². The summed E-state index contributed by atoms with van der Waals surface area (Å²) in [5, 5.41) is 55.5. The molecule has 0 radical (unpaired) electrons. The number of aliphatic hydroxyl groups excluding tert-OH is 1. The van der Waals surface area contributed by atoms with Crippen molar-refractivity contribution in [3.05, 3.63) is 71.8 Å². The molecule has 3 aliphatic heterocycles. The third kappa shape index (κ3) is 31.4. The summed E-state index contributed by atoms with van der Waals surface area (Å²) in [5.74, 6) is -9.43. The molecule has 0 aliphatic carbocycles. The number of hydrogen-bond donors (Lipinski definition) is 15. The summed E-state index contributed by atoms with van der Waals surface area (Å²) in [6, 6.07) is 8.00. The monoisotopic (exact) mass is 1290 g/mol. The van der Waals surface area contributed by atoms with Gasteiger partial charge in [-0.05, 0) is 75.3 Å². The van der Waals surface area contributed by atoms with E-state index in [2.05, 4.69) is 36.6 Å². The second-order valence-electron chi connectivity index (χ2n) is 20.6. The number of aliphatic carboxylic acids is 4. The van der Waals surface area contributed by atoms with Crippen LogP contribution in [0.1, 0.15) is 96.1 Å². The summed E-state index contributed by atoms with van der Waals surface area (Å²) < 4.78 is 0. The number of nitrogens with two attached hydrogens (primary N) is 5. The van der Waals surface area contributed by atoms with Crippen molar-refractivity contribution in [2.24, 2.45) is 38.7 Å². The van der Waals surface area contributed by atoms with Gasteiger partial charge in [0, 0.05) is 66.3 Å².